The number of likely N-dealkylation sites (tertiary alicyclic amines) is 1. The predicted octanol–water partition coefficient (Wildman–Crippen LogP) is 1.55. The van der Waals surface area contributed by atoms with Crippen molar-refractivity contribution in [2.24, 2.45) is 11.7 Å². The van der Waals surface area contributed by atoms with Gasteiger partial charge in [0, 0.05) is 12.6 Å². The molecule has 3 heteroatoms. The Bertz CT molecular complexity index is 163. The molecule has 82 valence electrons. The molecule has 14 heavy (non-hydrogen) atoms. The van der Waals surface area contributed by atoms with Crippen LogP contribution in [0.15, 0.2) is 0 Å². The minimum Gasteiger partial charge on any atom is -0.329 e. The highest BCUT2D eigenvalue weighted by Gasteiger charge is 2.29. The second kappa shape index (κ2) is 5.38. The molecule has 0 saturated carbocycles. The van der Waals surface area contributed by atoms with E-state index in [1.807, 2.05) is 0 Å². The van der Waals surface area contributed by atoms with Gasteiger partial charge in [0.05, 0.1) is 0 Å². The van der Waals surface area contributed by atoms with Crippen molar-refractivity contribution in [2.45, 2.75) is 31.7 Å². The first-order chi connectivity index (χ1) is 6.92. The van der Waals surface area contributed by atoms with E-state index in [9.17, 15) is 0 Å². The molecular formula is C11H22N2S. The van der Waals surface area contributed by atoms with Crippen molar-refractivity contribution in [1.29, 1.82) is 0 Å². The van der Waals surface area contributed by atoms with Crippen molar-refractivity contribution < 1.29 is 0 Å². The number of hydrogen-bond donors (Lipinski definition) is 1. The zero-order valence-corrected chi connectivity index (χ0v) is 9.77. The van der Waals surface area contributed by atoms with Crippen molar-refractivity contribution in [1.82, 2.24) is 4.90 Å². The summed E-state index contributed by atoms with van der Waals surface area (Å²) in [5.41, 5.74) is 5.93. The maximum Gasteiger partial charge on any atom is 0.0254 e. The van der Waals surface area contributed by atoms with E-state index in [0.29, 0.717) is 6.04 Å². The standard InChI is InChI=1S/C11H22N2S/c12-8-11(13-5-1-2-6-13)10-4-3-7-14-9-10/h10-11H,1-9,12H2. The minimum atomic E-state index is 0.685. The highest BCUT2D eigenvalue weighted by atomic mass is 32.2. The minimum absolute atomic E-state index is 0.685. The Morgan fingerprint density at radius 3 is 2.64 bits per heavy atom. The van der Waals surface area contributed by atoms with E-state index >= 15 is 0 Å². The summed E-state index contributed by atoms with van der Waals surface area (Å²) >= 11 is 2.12. The van der Waals surface area contributed by atoms with Crippen LogP contribution in [0.3, 0.4) is 0 Å². The van der Waals surface area contributed by atoms with Crippen LogP contribution in [0.2, 0.25) is 0 Å². The molecule has 2 aliphatic rings. The summed E-state index contributed by atoms with van der Waals surface area (Å²) < 4.78 is 0. The highest BCUT2D eigenvalue weighted by molar-refractivity contribution is 7.99. The number of thioether (sulfide) groups is 1. The first-order valence-electron chi connectivity index (χ1n) is 5.93. The van der Waals surface area contributed by atoms with Crippen LogP contribution in [0.1, 0.15) is 25.7 Å². The van der Waals surface area contributed by atoms with Gasteiger partial charge in [-0.1, -0.05) is 0 Å². The Hall–Kier alpha value is 0.270. The Morgan fingerprint density at radius 1 is 1.29 bits per heavy atom. The first kappa shape index (κ1) is 10.8. The maximum atomic E-state index is 5.93. The van der Waals surface area contributed by atoms with Crippen molar-refractivity contribution in [3.63, 3.8) is 0 Å². The highest BCUT2D eigenvalue weighted by Crippen LogP contribution is 2.28. The molecule has 0 bridgehead atoms. The molecule has 2 fully saturated rings. The van der Waals surface area contributed by atoms with Gasteiger partial charge in [0.1, 0.15) is 0 Å². The Kier molecular flexibility index (Phi) is 4.14. The molecule has 2 aliphatic heterocycles. The lowest BCUT2D eigenvalue weighted by atomic mass is 9.95. The van der Waals surface area contributed by atoms with E-state index in [4.69, 9.17) is 5.73 Å². The van der Waals surface area contributed by atoms with Crippen molar-refractivity contribution in [2.75, 3.05) is 31.1 Å². The summed E-state index contributed by atoms with van der Waals surface area (Å²) in [6.07, 6.45) is 5.58. The molecule has 2 rings (SSSR count). The predicted molar refractivity (Wildman–Crippen MR) is 63.7 cm³/mol. The second-order valence-corrected chi connectivity index (χ2v) is 5.67. The molecule has 2 N–H and O–H groups in total. The molecule has 0 radical (unpaired) electrons. The fourth-order valence-corrected chi connectivity index (χ4v) is 4.01. The van der Waals surface area contributed by atoms with Gasteiger partial charge in [-0.2, -0.15) is 11.8 Å². The van der Waals surface area contributed by atoms with Crippen molar-refractivity contribution in [3.05, 3.63) is 0 Å². The fraction of sp³-hybridized carbons (Fsp3) is 1.00. The Labute approximate surface area is 91.6 Å². The van der Waals surface area contributed by atoms with Crippen LogP contribution in [-0.2, 0) is 0 Å². The summed E-state index contributed by atoms with van der Waals surface area (Å²) in [6, 6.07) is 0.685. The summed E-state index contributed by atoms with van der Waals surface area (Å²) in [6.45, 7) is 3.46. The van der Waals surface area contributed by atoms with Crippen LogP contribution in [0.5, 0.6) is 0 Å². The first-order valence-corrected chi connectivity index (χ1v) is 7.09. The molecule has 0 aromatic heterocycles. The van der Waals surface area contributed by atoms with E-state index in [0.717, 1.165) is 12.5 Å². The van der Waals surface area contributed by atoms with E-state index in [1.165, 1.54) is 50.3 Å². The summed E-state index contributed by atoms with van der Waals surface area (Å²) in [4.78, 5) is 2.64. The molecule has 0 aromatic carbocycles. The van der Waals surface area contributed by atoms with Crippen LogP contribution >= 0.6 is 11.8 Å². The van der Waals surface area contributed by atoms with Gasteiger partial charge in [-0.15, -0.1) is 0 Å². The molecule has 0 aliphatic carbocycles. The van der Waals surface area contributed by atoms with Gasteiger partial charge < -0.3 is 5.73 Å². The zero-order valence-electron chi connectivity index (χ0n) is 8.95. The van der Waals surface area contributed by atoms with Crippen LogP contribution in [-0.4, -0.2) is 42.1 Å². The molecule has 0 amide bonds. The van der Waals surface area contributed by atoms with Gasteiger partial charge >= 0.3 is 0 Å². The van der Waals surface area contributed by atoms with E-state index in [1.54, 1.807) is 0 Å². The van der Waals surface area contributed by atoms with Crippen molar-refractivity contribution >= 4 is 11.8 Å². The van der Waals surface area contributed by atoms with Gasteiger partial charge in [0.25, 0.3) is 0 Å². The van der Waals surface area contributed by atoms with Gasteiger partial charge in [-0.3, -0.25) is 4.90 Å². The lowest BCUT2D eigenvalue weighted by Crippen LogP contribution is -2.45. The smallest absolute Gasteiger partial charge is 0.0254 e. The van der Waals surface area contributed by atoms with Crippen LogP contribution < -0.4 is 5.73 Å². The molecule has 2 nitrogen and oxygen atoms in total. The molecule has 0 spiro atoms. The largest absolute Gasteiger partial charge is 0.329 e. The number of rotatable bonds is 3. The molecule has 2 heterocycles. The third-order valence-corrected chi connectivity index (χ3v) is 4.83. The second-order valence-electron chi connectivity index (χ2n) is 4.52. The van der Waals surface area contributed by atoms with Gasteiger partial charge in [-0.05, 0) is 56.2 Å². The van der Waals surface area contributed by atoms with E-state index in [-0.39, 0.29) is 0 Å². The lowest BCUT2D eigenvalue weighted by Gasteiger charge is -2.35. The lowest BCUT2D eigenvalue weighted by molar-refractivity contribution is 0.182. The van der Waals surface area contributed by atoms with Crippen LogP contribution in [0, 0.1) is 5.92 Å². The number of nitrogens with zero attached hydrogens (tertiary/aromatic N) is 1. The normalized spacial score (nSPS) is 31.9. The van der Waals surface area contributed by atoms with Crippen molar-refractivity contribution in [3.8, 4) is 0 Å². The van der Waals surface area contributed by atoms with Gasteiger partial charge in [-0.25, -0.2) is 0 Å². The van der Waals surface area contributed by atoms with Crippen LogP contribution in [0.25, 0.3) is 0 Å². The molecule has 0 aromatic rings. The summed E-state index contributed by atoms with van der Waals surface area (Å²) in [5.74, 6) is 3.59. The quantitative estimate of drug-likeness (QED) is 0.773. The molecule has 2 saturated heterocycles. The number of hydrogen-bond acceptors (Lipinski definition) is 3. The van der Waals surface area contributed by atoms with Gasteiger partial charge in [0.2, 0.25) is 0 Å². The Balaban J connectivity index is 1.89. The Morgan fingerprint density at radius 2 is 2.07 bits per heavy atom. The summed E-state index contributed by atoms with van der Waals surface area (Å²) in [7, 11) is 0. The third kappa shape index (κ3) is 2.44. The maximum absolute atomic E-state index is 5.93. The SMILES string of the molecule is NCC(C1CCCSC1)N1CCCC1. The molecular weight excluding hydrogens is 192 g/mol. The van der Waals surface area contributed by atoms with Crippen LogP contribution in [0.4, 0.5) is 0 Å². The zero-order chi connectivity index (χ0) is 9.80. The monoisotopic (exact) mass is 214 g/mol. The van der Waals surface area contributed by atoms with E-state index < -0.39 is 0 Å². The number of nitrogens with two attached hydrogens (primary N) is 1. The average Bonchev–Trinajstić information content (AvgIpc) is 2.74. The van der Waals surface area contributed by atoms with Gasteiger partial charge in [0.15, 0.2) is 0 Å². The molecule has 2 unspecified atom stereocenters. The third-order valence-electron chi connectivity index (χ3n) is 3.59. The molecule has 2 atom stereocenters. The average molecular weight is 214 g/mol. The fourth-order valence-electron chi connectivity index (χ4n) is 2.78. The topological polar surface area (TPSA) is 29.3 Å². The summed E-state index contributed by atoms with van der Waals surface area (Å²) in [5, 5.41) is 0. The van der Waals surface area contributed by atoms with E-state index in [2.05, 4.69) is 16.7 Å².